The fourth-order valence-corrected chi connectivity index (χ4v) is 3.11. The Morgan fingerprint density at radius 3 is 2.24 bits per heavy atom. The van der Waals surface area contributed by atoms with Crippen molar-refractivity contribution < 1.29 is 0 Å². The van der Waals surface area contributed by atoms with Gasteiger partial charge in [0.25, 0.3) is 0 Å². The van der Waals surface area contributed by atoms with E-state index in [1.165, 1.54) is 20.3 Å². The van der Waals surface area contributed by atoms with Gasteiger partial charge < -0.3 is 5.32 Å². The molecule has 2 rings (SSSR count). The van der Waals surface area contributed by atoms with Crippen molar-refractivity contribution in [2.75, 3.05) is 7.05 Å². The Hall–Kier alpha value is -0.870. The monoisotopic (exact) mass is 393 g/mol. The third-order valence-electron chi connectivity index (χ3n) is 4.38. The predicted octanol–water partition coefficient (Wildman–Crippen LogP) is 5.29. The average molecular weight is 393 g/mol. The fraction of sp³-hybridized carbons (Fsp3) is 0.368. The van der Waals surface area contributed by atoms with Gasteiger partial charge in [0.05, 0.1) is 6.04 Å². The van der Waals surface area contributed by atoms with Gasteiger partial charge in [-0.05, 0) is 70.3 Å². The Morgan fingerprint density at radius 2 is 1.71 bits per heavy atom. The summed E-state index contributed by atoms with van der Waals surface area (Å²) in [7, 11) is 2.02. The Kier molecular flexibility index (Phi) is 5.44. The van der Waals surface area contributed by atoms with Crippen LogP contribution in [0.3, 0.4) is 0 Å². The molecule has 21 heavy (non-hydrogen) atoms. The maximum Gasteiger partial charge on any atom is 0.0574 e. The molecule has 0 aromatic heterocycles. The maximum absolute atomic E-state index is 3.43. The lowest BCUT2D eigenvalue weighted by Gasteiger charge is -2.24. The summed E-state index contributed by atoms with van der Waals surface area (Å²) in [6.07, 6.45) is 1.15. The average Bonchev–Trinajstić information content (AvgIpc) is 2.49. The number of benzene rings is 2. The van der Waals surface area contributed by atoms with Crippen molar-refractivity contribution in [1.82, 2.24) is 5.32 Å². The Morgan fingerprint density at radius 1 is 1.05 bits per heavy atom. The molecule has 1 atom stereocenters. The number of halogens is 1. The van der Waals surface area contributed by atoms with Gasteiger partial charge in [-0.25, -0.2) is 0 Å². The van der Waals surface area contributed by atoms with Gasteiger partial charge in [0.1, 0.15) is 0 Å². The second-order valence-electron chi connectivity index (χ2n) is 6.14. The molecule has 0 aliphatic heterocycles. The van der Waals surface area contributed by atoms with Crippen molar-refractivity contribution in [2.24, 2.45) is 0 Å². The zero-order valence-corrected chi connectivity index (χ0v) is 15.4. The second kappa shape index (κ2) is 6.93. The van der Waals surface area contributed by atoms with Crippen LogP contribution in [0.25, 0.3) is 0 Å². The third-order valence-corrected chi connectivity index (χ3v) is 5.05. The quantitative estimate of drug-likeness (QED) is 0.681. The van der Waals surface area contributed by atoms with Crippen LogP contribution in [-0.2, 0) is 5.41 Å². The molecule has 0 fully saturated rings. The lowest BCUT2D eigenvalue weighted by atomic mass is 9.81. The fourth-order valence-electron chi connectivity index (χ4n) is 2.54. The van der Waals surface area contributed by atoms with Gasteiger partial charge in [-0.15, -0.1) is 0 Å². The molecule has 1 nitrogen and oxygen atoms in total. The van der Waals surface area contributed by atoms with Crippen LogP contribution in [0.1, 0.15) is 49.9 Å². The highest BCUT2D eigenvalue weighted by Crippen LogP contribution is 2.29. The molecule has 0 heterocycles. The Balaban J connectivity index is 2.32. The molecule has 2 aromatic carbocycles. The molecule has 0 amide bonds. The van der Waals surface area contributed by atoms with Crippen LogP contribution in [0.5, 0.6) is 0 Å². The van der Waals surface area contributed by atoms with E-state index in [0.717, 1.165) is 6.42 Å². The molecule has 1 unspecified atom stereocenters. The van der Waals surface area contributed by atoms with Crippen molar-refractivity contribution in [1.29, 1.82) is 0 Å². The van der Waals surface area contributed by atoms with E-state index in [-0.39, 0.29) is 11.5 Å². The SMILES string of the molecule is CCC(C)(C)c1ccc(C(NC)c2cccc(I)c2)cc1. The first-order valence-corrected chi connectivity index (χ1v) is 8.59. The van der Waals surface area contributed by atoms with Crippen molar-refractivity contribution in [2.45, 2.75) is 38.6 Å². The summed E-state index contributed by atoms with van der Waals surface area (Å²) in [5, 5.41) is 3.43. The minimum absolute atomic E-state index is 0.246. The first kappa shape index (κ1) is 16.5. The van der Waals surface area contributed by atoms with Gasteiger partial charge in [-0.1, -0.05) is 57.2 Å². The van der Waals surface area contributed by atoms with E-state index in [0.29, 0.717) is 0 Å². The molecule has 112 valence electrons. The van der Waals surface area contributed by atoms with E-state index in [4.69, 9.17) is 0 Å². The highest BCUT2D eigenvalue weighted by molar-refractivity contribution is 14.1. The minimum Gasteiger partial charge on any atom is -0.309 e. The highest BCUT2D eigenvalue weighted by Gasteiger charge is 2.19. The zero-order valence-electron chi connectivity index (χ0n) is 13.3. The van der Waals surface area contributed by atoms with Gasteiger partial charge in [0.15, 0.2) is 0 Å². The first-order chi connectivity index (χ1) is 9.97. The summed E-state index contributed by atoms with van der Waals surface area (Å²) in [5.74, 6) is 0. The summed E-state index contributed by atoms with van der Waals surface area (Å²) >= 11 is 2.37. The largest absolute Gasteiger partial charge is 0.309 e. The standard InChI is InChI=1S/C19H24IN/c1-5-19(2,3)16-11-9-14(10-12-16)18(21-4)15-7-6-8-17(20)13-15/h6-13,18,21H,5H2,1-4H3. The van der Waals surface area contributed by atoms with E-state index in [1.54, 1.807) is 0 Å². The van der Waals surface area contributed by atoms with Gasteiger partial charge in [0.2, 0.25) is 0 Å². The lowest BCUT2D eigenvalue weighted by Crippen LogP contribution is -2.19. The zero-order chi connectivity index (χ0) is 15.5. The first-order valence-electron chi connectivity index (χ1n) is 7.51. The molecule has 1 N–H and O–H groups in total. The van der Waals surface area contributed by atoms with E-state index in [1.807, 2.05) is 7.05 Å². The van der Waals surface area contributed by atoms with Crippen molar-refractivity contribution >= 4 is 22.6 Å². The molecule has 0 radical (unpaired) electrons. The van der Waals surface area contributed by atoms with E-state index >= 15 is 0 Å². The van der Waals surface area contributed by atoms with Crippen molar-refractivity contribution in [3.05, 3.63) is 68.8 Å². The van der Waals surface area contributed by atoms with Crippen molar-refractivity contribution in [3.63, 3.8) is 0 Å². The van der Waals surface area contributed by atoms with Crippen LogP contribution in [-0.4, -0.2) is 7.05 Å². The smallest absolute Gasteiger partial charge is 0.0574 e. The second-order valence-corrected chi connectivity index (χ2v) is 7.38. The number of hydrogen-bond acceptors (Lipinski definition) is 1. The van der Waals surface area contributed by atoms with Crippen LogP contribution >= 0.6 is 22.6 Å². The predicted molar refractivity (Wildman–Crippen MR) is 99.8 cm³/mol. The van der Waals surface area contributed by atoms with Gasteiger partial charge in [-0.2, -0.15) is 0 Å². The van der Waals surface area contributed by atoms with Gasteiger partial charge >= 0.3 is 0 Å². The van der Waals surface area contributed by atoms with Crippen LogP contribution in [0.15, 0.2) is 48.5 Å². The molecule has 2 heteroatoms. The van der Waals surface area contributed by atoms with E-state index in [9.17, 15) is 0 Å². The molecule has 0 saturated carbocycles. The molecule has 0 bridgehead atoms. The molecular formula is C19H24IN. The van der Waals surface area contributed by atoms with Crippen LogP contribution in [0, 0.1) is 3.57 Å². The summed E-state index contributed by atoms with van der Waals surface area (Å²) < 4.78 is 1.27. The number of nitrogens with one attached hydrogen (secondary N) is 1. The van der Waals surface area contributed by atoms with Crippen LogP contribution < -0.4 is 5.32 Å². The molecule has 0 aliphatic rings. The lowest BCUT2D eigenvalue weighted by molar-refractivity contribution is 0.506. The summed E-state index contributed by atoms with van der Waals surface area (Å²) in [6, 6.07) is 18.0. The molecule has 2 aromatic rings. The van der Waals surface area contributed by atoms with E-state index in [2.05, 4.69) is 97.2 Å². The normalized spacial score (nSPS) is 13.2. The van der Waals surface area contributed by atoms with Crippen LogP contribution in [0.2, 0.25) is 0 Å². The van der Waals surface area contributed by atoms with E-state index < -0.39 is 0 Å². The molecule has 0 spiro atoms. The maximum atomic E-state index is 3.43. The highest BCUT2D eigenvalue weighted by atomic mass is 127. The van der Waals surface area contributed by atoms with Gasteiger partial charge in [-0.3, -0.25) is 0 Å². The van der Waals surface area contributed by atoms with Crippen LogP contribution in [0.4, 0.5) is 0 Å². The molecule has 0 aliphatic carbocycles. The summed E-state index contributed by atoms with van der Waals surface area (Å²) in [4.78, 5) is 0. The Labute approximate surface area is 142 Å². The summed E-state index contributed by atoms with van der Waals surface area (Å²) in [5.41, 5.74) is 4.28. The number of rotatable bonds is 5. The Bertz CT molecular complexity index is 587. The van der Waals surface area contributed by atoms with Gasteiger partial charge in [0, 0.05) is 3.57 Å². The molecule has 0 saturated heterocycles. The van der Waals surface area contributed by atoms with Crippen molar-refractivity contribution in [3.8, 4) is 0 Å². The third kappa shape index (κ3) is 3.86. The topological polar surface area (TPSA) is 12.0 Å². The minimum atomic E-state index is 0.246. The number of hydrogen-bond donors (Lipinski definition) is 1. The molecular weight excluding hydrogens is 369 g/mol. The summed E-state index contributed by atoms with van der Waals surface area (Å²) in [6.45, 7) is 6.85.